The van der Waals surface area contributed by atoms with Crippen LogP contribution in [0.25, 0.3) is 0 Å². The lowest BCUT2D eigenvalue weighted by Gasteiger charge is -2.14. The van der Waals surface area contributed by atoms with E-state index in [1.54, 1.807) is 6.07 Å². The van der Waals surface area contributed by atoms with Gasteiger partial charge in [-0.3, -0.25) is 9.69 Å². The molecule has 0 bridgehead atoms. The van der Waals surface area contributed by atoms with Crippen molar-refractivity contribution >= 4 is 5.91 Å². The zero-order valence-corrected chi connectivity index (χ0v) is 14.4. The number of benzene rings is 1. The Bertz CT molecular complexity index is 823. The SMILES string of the molecule is Cc1ccc(CNC(=O)c2cc(CN(C)Cc3ccccc3)on2)o1. The zero-order valence-electron chi connectivity index (χ0n) is 14.4. The van der Waals surface area contributed by atoms with Gasteiger partial charge in [-0.25, -0.2) is 0 Å². The zero-order chi connectivity index (χ0) is 17.6. The Kier molecular flexibility index (Phi) is 5.30. The van der Waals surface area contributed by atoms with Gasteiger partial charge in [0.1, 0.15) is 11.5 Å². The first-order chi connectivity index (χ1) is 12.1. The van der Waals surface area contributed by atoms with Crippen LogP contribution in [-0.2, 0) is 19.6 Å². The molecule has 0 saturated carbocycles. The van der Waals surface area contributed by atoms with E-state index in [4.69, 9.17) is 8.94 Å². The minimum absolute atomic E-state index is 0.270. The lowest BCUT2D eigenvalue weighted by Crippen LogP contribution is -2.22. The van der Waals surface area contributed by atoms with Crippen molar-refractivity contribution in [2.75, 3.05) is 7.05 Å². The first-order valence-corrected chi connectivity index (χ1v) is 8.12. The number of hydrogen-bond acceptors (Lipinski definition) is 5. The number of nitrogens with one attached hydrogen (secondary N) is 1. The van der Waals surface area contributed by atoms with Crippen molar-refractivity contribution in [1.82, 2.24) is 15.4 Å². The highest BCUT2D eigenvalue weighted by Gasteiger charge is 2.14. The van der Waals surface area contributed by atoms with Crippen LogP contribution in [0.2, 0.25) is 0 Å². The van der Waals surface area contributed by atoms with Crippen molar-refractivity contribution in [1.29, 1.82) is 0 Å². The molecule has 0 unspecified atom stereocenters. The number of nitrogens with zero attached hydrogens (tertiary/aromatic N) is 2. The quantitative estimate of drug-likeness (QED) is 0.716. The van der Waals surface area contributed by atoms with Crippen LogP contribution in [0.4, 0.5) is 0 Å². The van der Waals surface area contributed by atoms with Crippen LogP contribution in [0.5, 0.6) is 0 Å². The number of carbonyl (C=O) groups excluding carboxylic acids is 1. The van der Waals surface area contributed by atoms with Gasteiger partial charge < -0.3 is 14.3 Å². The molecular weight excluding hydrogens is 318 g/mol. The molecule has 3 rings (SSSR count). The second-order valence-corrected chi connectivity index (χ2v) is 6.03. The summed E-state index contributed by atoms with van der Waals surface area (Å²) in [5.41, 5.74) is 1.49. The molecule has 0 saturated heterocycles. The van der Waals surface area contributed by atoms with E-state index in [1.165, 1.54) is 5.56 Å². The topological polar surface area (TPSA) is 71.5 Å². The van der Waals surface area contributed by atoms with Gasteiger partial charge in [0, 0.05) is 12.6 Å². The predicted octanol–water partition coefficient (Wildman–Crippen LogP) is 3.14. The number of aryl methyl sites for hydroxylation is 1. The second kappa shape index (κ2) is 7.81. The van der Waals surface area contributed by atoms with Gasteiger partial charge in [-0.15, -0.1) is 0 Å². The lowest BCUT2D eigenvalue weighted by atomic mass is 10.2. The van der Waals surface area contributed by atoms with Crippen LogP contribution in [-0.4, -0.2) is 23.0 Å². The third-order valence-electron chi connectivity index (χ3n) is 3.73. The van der Waals surface area contributed by atoms with E-state index in [1.807, 2.05) is 44.3 Å². The molecule has 2 heterocycles. The smallest absolute Gasteiger partial charge is 0.273 e. The average Bonchev–Trinajstić information content (AvgIpc) is 3.22. The summed E-state index contributed by atoms with van der Waals surface area (Å²) >= 11 is 0. The highest BCUT2D eigenvalue weighted by atomic mass is 16.5. The molecule has 2 aromatic heterocycles. The van der Waals surface area contributed by atoms with Crippen molar-refractivity contribution in [2.24, 2.45) is 0 Å². The number of amides is 1. The van der Waals surface area contributed by atoms with Crippen LogP contribution >= 0.6 is 0 Å². The molecule has 0 radical (unpaired) electrons. The molecule has 0 aliphatic heterocycles. The molecule has 3 aromatic rings. The Labute approximate surface area is 146 Å². The molecule has 0 fully saturated rings. The largest absolute Gasteiger partial charge is 0.465 e. The van der Waals surface area contributed by atoms with Gasteiger partial charge in [0.25, 0.3) is 5.91 Å². The molecule has 6 nitrogen and oxygen atoms in total. The minimum atomic E-state index is -0.283. The minimum Gasteiger partial charge on any atom is -0.465 e. The lowest BCUT2D eigenvalue weighted by molar-refractivity contribution is 0.0938. The number of aromatic nitrogens is 1. The maximum Gasteiger partial charge on any atom is 0.273 e. The number of hydrogen-bond donors (Lipinski definition) is 1. The fourth-order valence-corrected chi connectivity index (χ4v) is 2.55. The molecule has 0 atom stereocenters. The van der Waals surface area contributed by atoms with Gasteiger partial charge in [0.15, 0.2) is 11.5 Å². The van der Waals surface area contributed by atoms with Crippen molar-refractivity contribution in [3.63, 3.8) is 0 Å². The first kappa shape index (κ1) is 17.0. The van der Waals surface area contributed by atoms with Crippen LogP contribution in [0.1, 0.15) is 33.3 Å². The third-order valence-corrected chi connectivity index (χ3v) is 3.73. The number of furan rings is 1. The normalized spacial score (nSPS) is 11.0. The van der Waals surface area contributed by atoms with E-state index in [0.717, 1.165) is 12.3 Å². The van der Waals surface area contributed by atoms with E-state index in [2.05, 4.69) is 27.5 Å². The highest BCUT2D eigenvalue weighted by Crippen LogP contribution is 2.10. The summed E-state index contributed by atoms with van der Waals surface area (Å²) in [6, 6.07) is 15.5. The molecular formula is C19H21N3O3. The summed E-state index contributed by atoms with van der Waals surface area (Å²) in [6.45, 7) is 3.55. The number of carbonyl (C=O) groups is 1. The molecule has 0 aliphatic rings. The molecule has 1 amide bonds. The average molecular weight is 339 g/mol. The van der Waals surface area contributed by atoms with Crippen molar-refractivity contribution in [2.45, 2.75) is 26.6 Å². The van der Waals surface area contributed by atoms with E-state index >= 15 is 0 Å². The first-order valence-electron chi connectivity index (χ1n) is 8.12. The Balaban J connectivity index is 1.51. The second-order valence-electron chi connectivity index (χ2n) is 6.03. The van der Waals surface area contributed by atoms with Crippen LogP contribution in [0.15, 0.2) is 57.5 Å². The standard InChI is InChI=1S/C19H21N3O3/c1-14-8-9-16(24-14)11-20-19(23)18-10-17(25-21-18)13-22(2)12-15-6-4-3-5-7-15/h3-10H,11-13H2,1-2H3,(H,20,23). The van der Waals surface area contributed by atoms with Crippen LogP contribution in [0, 0.1) is 6.92 Å². The van der Waals surface area contributed by atoms with Crippen molar-refractivity contribution in [3.8, 4) is 0 Å². The van der Waals surface area contributed by atoms with Gasteiger partial charge in [-0.2, -0.15) is 0 Å². The molecule has 0 spiro atoms. The summed E-state index contributed by atoms with van der Waals surface area (Å²) in [6.07, 6.45) is 0. The van der Waals surface area contributed by atoms with Gasteiger partial charge in [-0.05, 0) is 31.7 Å². The van der Waals surface area contributed by atoms with Crippen molar-refractivity contribution in [3.05, 3.63) is 77.1 Å². The Morgan fingerprint density at radius 1 is 1.12 bits per heavy atom. The number of rotatable bonds is 7. The Hall–Kier alpha value is -2.86. The van der Waals surface area contributed by atoms with E-state index in [-0.39, 0.29) is 11.6 Å². The monoisotopic (exact) mass is 339 g/mol. The summed E-state index contributed by atoms with van der Waals surface area (Å²) in [5, 5.41) is 6.62. The van der Waals surface area contributed by atoms with Gasteiger partial charge in [-0.1, -0.05) is 35.5 Å². The summed E-state index contributed by atoms with van der Waals surface area (Å²) < 4.78 is 10.7. The fourth-order valence-electron chi connectivity index (χ4n) is 2.55. The molecule has 1 N–H and O–H groups in total. The van der Waals surface area contributed by atoms with Crippen molar-refractivity contribution < 1.29 is 13.7 Å². The molecule has 6 heteroatoms. The molecule has 130 valence electrons. The van der Waals surface area contributed by atoms with Gasteiger partial charge >= 0.3 is 0 Å². The molecule has 1 aromatic carbocycles. The van der Waals surface area contributed by atoms with Crippen LogP contribution in [0.3, 0.4) is 0 Å². The van der Waals surface area contributed by atoms with E-state index < -0.39 is 0 Å². The predicted molar refractivity (Wildman–Crippen MR) is 92.7 cm³/mol. The summed E-state index contributed by atoms with van der Waals surface area (Å²) in [4.78, 5) is 14.2. The summed E-state index contributed by atoms with van der Waals surface area (Å²) in [7, 11) is 1.99. The maximum absolute atomic E-state index is 12.1. The van der Waals surface area contributed by atoms with E-state index in [9.17, 15) is 4.79 Å². The highest BCUT2D eigenvalue weighted by molar-refractivity contribution is 5.92. The molecule has 25 heavy (non-hydrogen) atoms. The third kappa shape index (κ3) is 4.81. The van der Waals surface area contributed by atoms with Gasteiger partial charge in [0.2, 0.25) is 0 Å². The maximum atomic E-state index is 12.1. The molecule has 0 aliphatic carbocycles. The van der Waals surface area contributed by atoms with Gasteiger partial charge in [0.05, 0.1) is 13.1 Å². The van der Waals surface area contributed by atoms with Crippen LogP contribution < -0.4 is 5.32 Å². The Morgan fingerprint density at radius 3 is 2.64 bits per heavy atom. The fraction of sp³-hybridized carbons (Fsp3) is 0.263. The summed E-state index contributed by atoms with van der Waals surface area (Å²) in [5.74, 6) is 1.89. The Morgan fingerprint density at radius 2 is 1.92 bits per heavy atom. The van der Waals surface area contributed by atoms with E-state index in [0.29, 0.717) is 24.6 Å².